The average molecular weight is 398 g/mol. The minimum absolute atomic E-state index is 0.103. The SMILES string of the molecule is O=C(CCN1C(=O)CC(S)C1=O)NCCCCCCOP(O)OS. The van der Waals surface area contributed by atoms with Crippen LogP contribution in [0.15, 0.2) is 0 Å². The molecule has 0 saturated carbocycles. The topological polar surface area (TPSA) is 105 Å². The van der Waals surface area contributed by atoms with Gasteiger partial charge in [-0.2, -0.15) is 12.6 Å². The molecule has 0 radical (unpaired) electrons. The molecule has 0 aromatic carbocycles. The molecule has 8 nitrogen and oxygen atoms in total. The van der Waals surface area contributed by atoms with Crippen LogP contribution in [0.4, 0.5) is 0 Å². The highest BCUT2D eigenvalue weighted by Crippen LogP contribution is 2.34. The first-order valence-electron chi connectivity index (χ1n) is 7.68. The molecule has 1 saturated heterocycles. The van der Waals surface area contributed by atoms with Crippen molar-refractivity contribution in [3.05, 3.63) is 0 Å². The molecule has 2 unspecified atom stereocenters. The summed E-state index contributed by atoms with van der Waals surface area (Å²) >= 11 is 7.46. The fraction of sp³-hybridized carbons (Fsp3) is 0.769. The molecule has 11 heteroatoms. The van der Waals surface area contributed by atoms with Crippen LogP contribution in [0.5, 0.6) is 0 Å². The van der Waals surface area contributed by atoms with E-state index in [0.29, 0.717) is 13.2 Å². The van der Waals surface area contributed by atoms with E-state index < -0.39 is 13.9 Å². The number of hydrogen-bond donors (Lipinski definition) is 4. The third-order valence-electron chi connectivity index (χ3n) is 3.45. The highest BCUT2D eigenvalue weighted by molar-refractivity contribution is 7.81. The molecular weight excluding hydrogens is 375 g/mol. The average Bonchev–Trinajstić information content (AvgIpc) is 2.80. The minimum Gasteiger partial charge on any atom is -0.356 e. The van der Waals surface area contributed by atoms with Gasteiger partial charge in [0, 0.05) is 25.9 Å². The van der Waals surface area contributed by atoms with Crippen molar-refractivity contribution in [1.82, 2.24) is 10.2 Å². The van der Waals surface area contributed by atoms with Crippen LogP contribution in [0.2, 0.25) is 0 Å². The van der Waals surface area contributed by atoms with Gasteiger partial charge in [-0.05, 0) is 25.8 Å². The normalized spacial score (nSPS) is 19.0. The van der Waals surface area contributed by atoms with Gasteiger partial charge in [-0.3, -0.25) is 19.3 Å². The molecule has 138 valence electrons. The Bertz CT molecular complexity index is 443. The largest absolute Gasteiger partial charge is 0.356 e. The zero-order chi connectivity index (χ0) is 17.9. The van der Waals surface area contributed by atoms with Gasteiger partial charge in [0.15, 0.2) is 0 Å². The molecule has 1 rings (SSSR count). The number of imide groups is 1. The molecule has 0 aliphatic carbocycles. The molecule has 1 aliphatic heterocycles. The van der Waals surface area contributed by atoms with Crippen molar-refractivity contribution in [3.8, 4) is 0 Å². The van der Waals surface area contributed by atoms with Crippen LogP contribution in [-0.4, -0.2) is 52.5 Å². The first-order valence-corrected chi connectivity index (χ1v) is 9.69. The van der Waals surface area contributed by atoms with Crippen LogP contribution in [0, 0.1) is 0 Å². The number of likely N-dealkylation sites (tertiary alicyclic amines) is 1. The summed E-state index contributed by atoms with van der Waals surface area (Å²) in [4.78, 5) is 45.0. The third kappa shape index (κ3) is 8.13. The predicted molar refractivity (Wildman–Crippen MR) is 95.4 cm³/mol. The van der Waals surface area contributed by atoms with E-state index in [2.05, 4.69) is 34.8 Å². The molecule has 24 heavy (non-hydrogen) atoms. The number of carbonyl (C=O) groups is 3. The van der Waals surface area contributed by atoms with Crippen molar-refractivity contribution < 1.29 is 27.8 Å². The maximum Gasteiger partial charge on any atom is 0.341 e. The molecule has 2 atom stereocenters. The summed E-state index contributed by atoms with van der Waals surface area (Å²) in [5.74, 6) is -0.781. The van der Waals surface area contributed by atoms with E-state index in [0.717, 1.165) is 30.6 Å². The van der Waals surface area contributed by atoms with Gasteiger partial charge in [0.25, 0.3) is 0 Å². The van der Waals surface area contributed by atoms with Gasteiger partial charge in [0.05, 0.1) is 11.9 Å². The lowest BCUT2D eigenvalue weighted by molar-refractivity contribution is -0.138. The molecule has 3 amide bonds. The Kier molecular flexibility index (Phi) is 10.9. The van der Waals surface area contributed by atoms with Crippen molar-refractivity contribution in [1.29, 1.82) is 0 Å². The van der Waals surface area contributed by atoms with Gasteiger partial charge in [0.2, 0.25) is 17.7 Å². The number of thiol groups is 2. The number of nitrogens with zero attached hydrogens (tertiary/aromatic N) is 1. The predicted octanol–water partition coefficient (Wildman–Crippen LogP) is 1.21. The smallest absolute Gasteiger partial charge is 0.341 e. The molecule has 1 aliphatic rings. The van der Waals surface area contributed by atoms with Crippen molar-refractivity contribution in [2.75, 3.05) is 19.7 Å². The fourth-order valence-corrected chi connectivity index (χ4v) is 2.95. The Hall–Kier alpha value is -0.380. The number of unbranched alkanes of at least 4 members (excludes halogenated alkanes) is 3. The van der Waals surface area contributed by atoms with Crippen molar-refractivity contribution >= 4 is 51.9 Å². The Labute approximate surface area is 153 Å². The van der Waals surface area contributed by atoms with Crippen LogP contribution in [0.1, 0.15) is 38.5 Å². The third-order valence-corrected chi connectivity index (χ3v) is 4.81. The Balaban J connectivity index is 1.99. The summed E-state index contributed by atoms with van der Waals surface area (Å²) in [5, 5.41) is 2.18. The van der Waals surface area contributed by atoms with E-state index in [4.69, 9.17) is 9.42 Å². The number of hydrogen-bond acceptors (Lipinski definition) is 8. The van der Waals surface area contributed by atoms with E-state index >= 15 is 0 Å². The van der Waals surface area contributed by atoms with E-state index in [1.54, 1.807) is 0 Å². The minimum atomic E-state index is -1.88. The molecule has 0 spiro atoms. The van der Waals surface area contributed by atoms with Crippen LogP contribution >= 0.6 is 34.1 Å². The van der Waals surface area contributed by atoms with E-state index in [1.165, 1.54) is 0 Å². The van der Waals surface area contributed by atoms with E-state index in [1.807, 2.05) is 0 Å². The van der Waals surface area contributed by atoms with Crippen LogP contribution < -0.4 is 5.32 Å². The Morgan fingerprint density at radius 2 is 2.04 bits per heavy atom. The zero-order valence-electron chi connectivity index (χ0n) is 13.2. The van der Waals surface area contributed by atoms with Crippen molar-refractivity contribution in [2.24, 2.45) is 0 Å². The lowest BCUT2D eigenvalue weighted by atomic mass is 10.2. The second-order valence-electron chi connectivity index (χ2n) is 5.27. The number of carbonyl (C=O) groups excluding carboxylic acids is 3. The maximum absolute atomic E-state index is 11.7. The summed E-state index contributed by atoms with van der Waals surface area (Å²) in [5.41, 5.74) is 0. The molecule has 1 fully saturated rings. The maximum atomic E-state index is 11.7. The lowest BCUT2D eigenvalue weighted by Gasteiger charge is -2.13. The molecule has 0 bridgehead atoms. The Morgan fingerprint density at radius 1 is 1.33 bits per heavy atom. The number of amides is 3. The van der Waals surface area contributed by atoms with Gasteiger partial charge < -0.3 is 14.7 Å². The van der Waals surface area contributed by atoms with Gasteiger partial charge in [0.1, 0.15) is 0 Å². The first-order chi connectivity index (χ1) is 11.5. The van der Waals surface area contributed by atoms with Gasteiger partial charge >= 0.3 is 8.60 Å². The molecule has 0 aromatic heterocycles. The van der Waals surface area contributed by atoms with Gasteiger partial charge in [-0.15, -0.1) is 0 Å². The fourth-order valence-electron chi connectivity index (χ4n) is 2.18. The van der Waals surface area contributed by atoms with Crippen LogP contribution in [0.3, 0.4) is 0 Å². The second kappa shape index (κ2) is 12.1. The summed E-state index contributed by atoms with van der Waals surface area (Å²) in [6, 6.07) is 0. The van der Waals surface area contributed by atoms with Crippen molar-refractivity contribution in [2.45, 2.75) is 43.8 Å². The standard InChI is InChI=1S/C13H23N2O6PS2/c16-11(5-7-15-12(17)9-10(23)13(15)18)14-6-3-1-2-4-8-20-22(19)21-24/h10,19,23-24H,1-9H2,(H,14,16). The highest BCUT2D eigenvalue weighted by Gasteiger charge is 2.36. The van der Waals surface area contributed by atoms with Gasteiger partial charge in [-0.1, -0.05) is 12.8 Å². The van der Waals surface area contributed by atoms with Gasteiger partial charge in [-0.25, -0.2) is 3.97 Å². The summed E-state index contributed by atoms with van der Waals surface area (Å²) in [6.07, 6.45) is 3.64. The van der Waals surface area contributed by atoms with Crippen molar-refractivity contribution in [3.63, 3.8) is 0 Å². The quantitative estimate of drug-likeness (QED) is 0.129. The summed E-state index contributed by atoms with van der Waals surface area (Å²) in [7, 11) is -1.88. The van der Waals surface area contributed by atoms with E-state index in [-0.39, 0.29) is 37.1 Å². The second-order valence-corrected chi connectivity index (χ2v) is 7.28. The zero-order valence-corrected chi connectivity index (χ0v) is 15.9. The Morgan fingerprint density at radius 3 is 2.67 bits per heavy atom. The molecule has 2 N–H and O–H groups in total. The monoisotopic (exact) mass is 398 g/mol. The van der Waals surface area contributed by atoms with Crippen LogP contribution in [0.25, 0.3) is 0 Å². The molecular formula is C13H23N2O6PS2. The summed E-state index contributed by atoms with van der Waals surface area (Å²) in [6.45, 7) is 1.05. The molecule has 0 aromatic rings. The van der Waals surface area contributed by atoms with E-state index in [9.17, 15) is 14.4 Å². The number of rotatable bonds is 12. The highest BCUT2D eigenvalue weighted by atomic mass is 32.1. The number of nitrogens with one attached hydrogen (secondary N) is 1. The lowest BCUT2D eigenvalue weighted by Crippen LogP contribution is -2.35. The molecule has 1 heterocycles. The summed E-state index contributed by atoms with van der Waals surface area (Å²) < 4.78 is 9.22. The van der Waals surface area contributed by atoms with Crippen LogP contribution in [-0.2, 0) is 22.9 Å². The first kappa shape index (κ1) is 21.7.